The Hall–Kier alpha value is -1.14. The molecule has 0 saturated carbocycles. The number of rotatable bonds is 4. The van der Waals surface area contributed by atoms with Gasteiger partial charge in [-0.3, -0.25) is 10.1 Å². The van der Waals surface area contributed by atoms with Crippen LogP contribution in [0.25, 0.3) is 0 Å². The Morgan fingerprint density at radius 3 is 3.00 bits per heavy atom. The van der Waals surface area contributed by atoms with E-state index in [-0.39, 0.29) is 11.8 Å². The number of nitro groups is 1. The normalized spacial score (nSPS) is 19.5. The van der Waals surface area contributed by atoms with Gasteiger partial charge in [-0.2, -0.15) is 0 Å². The molecule has 0 aliphatic carbocycles. The van der Waals surface area contributed by atoms with Crippen LogP contribution in [0.15, 0.2) is 23.1 Å². The van der Waals surface area contributed by atoms with Gasteiger partial charge < -0.3 is 4.74 Å². The van der Waals surface area contributed by atoms with Gasteiger partial charge in [-0.1, -0.05) is 0 Å². The van der Waals surface area contributed by atoms with Crippen molar-refractivity contribution in [1.82, 2.24) is 0 Å². The van der Waals surface area contributed by atoms with E-state index in [4.69, 9.17) is 4.74 Å². The summed E-state index contributed by atoms with van der Waals surface area (Å²) in [5, 5.41) is 10.6. The lowest BCUT2D eigenvalue weighted by molar-refractivity contribution is -0.385. The second kappa shape index (κ2) is 5.46. The molecule has 1 saturated heterocycles. The first-order valence-electron chi connectivity index (χ1n) is 5.34. The van der Waals surface area contributed by atoms with Gasteiger partial charge in [-0.05, 0) is 18.9 Å². The Morgan fingerprint density at radius 2 is 2.35 bits per heavy atom. The van der Waals surface area contributed by atoms with Crippen molar-refractivity contribution >= 4 is 17.4 Å². The number of nitrogens with zero attached hydrogens (tertiary/aromatic N) is 1. The highest BCUT2D eigenvalue weighted by atomic mass is 32.2. The molecule has 1 aromatic rings. The zero-order chi connectivity index (χ0) is 12.3. The fourth-order valence-corrected chi connectivity index (χ4v) is 2.74. The average molecular weight is 257 g/mol. The first-order valence-corrected chi connectivity index (χ1v) is 6.33. The Balaban J connectivity index is 2.01. The van der Waals surface area contributed by atoms with E-state index in [1.165, 1.54) is 23.9 Å². The van der Waals surface area contributed by atoms with E-state index in [0.29, 0.717) is 10.6 Å². The van der Waals surface area contributed by atoms with Crippen LogP contribution in [0.5, 0.6) is 0 Å². The van der Waals surface area contributed by atoms with Crippen molar-refractivity contribution in [2.75, 3.05) is 12.4 Å². The third-order valence-electron chi connectivity index (χ3n) is 2.53. The summed E-state index contributed by atoms with van der Waals surface area (Å²) in [4.78, 5) is 10.6. The fourth-order valence-electron chi connectivity index (χ4n) is 1.70. The molecule has 0 aromatic heterocycles. The number of halogens is 1. The summed E-state index contributed by atoms with van der Waals surface area (Å²) >= 11 is 1.39. The lowest BCUT2D eigenvalue weighted by atomic mass is 10.3. The zero-order valence-electron chi connectivity index (χ0n) is 9.10. The van der Waals surface area contributed by atoms with E-state index in [0.717, 1.165) is 25.5 Å². The van der Waals surface area contributed by atoms with Gasteiger partial charge >= 0.3 is 0 Å². The molecule has 1 fully saturated rings. The van der Waals surface area contributed by atoms with E-state index in [2.05, 4.69) is 0 Å². The van der Waals surface area contributed by atoms with Crippen molar-refractivity contribution in [3.8, 4) is 0 Å². The maximum absolute atomic E-state index is 13.1. The van der Waals surface area contributed by atoms with Crippen LogP contribution in [0, 0.1) is 15.9 Å². The minimum absolute atomic E-state index is 0.183. The highest BCUT2D eigenvalue weighted by molar-refractivity contribution is 7.99. The molecule has 92 valence electrons. The topological polar surface area (TPSA) is 52.4 Å². The molecule has 1 heterocycles. The number of hydrogen-bond donors (Lipinski definition) is 0. The molecule has 0 bridgehead atoms. The van der Waals surface area contributed by atoms with Crippen LogP contribution < -0.4 is 0 Å². The Bertz CT molecular complexity index is 421. The molecule has 0 amide bonds. The Morgan fingerprint density at radius 1 is 1.53 bits per heavy atom. The molecule has 2 rings (SSSR count). The standard InChI is InChI=1S/C11H12FNO3S/c12-8-4-9(13(14)15)6-11(5-8)17-7-10-2-1-3-16-10/h4-6,10H,1-3,7H2. The highest BCUT2D eigenvalue weighted by Crippen LogP contribution is 2.27. The second-order valence-corrected chi connectivity index (χ2v) is 4.94. The first-order chi connectivity index (χ1) is 8.15. The van der Waals surface area contributed by atoms with Gasteiger partial charge in [0.05, 0.1) is 17.1 Å². The molecule has 1 aromatic carbocycles. The molecule has 0 radical (unpaired) electrons. The number of non-ortho nitro benzene ring substituents is 1. The van der Waals surface area contributed by atoms with Crippen LogP contribution in [0.3, 0.4) is 0 Å². The number of hydrogen-bond acceptors (Lipinski definition) is 4. The van der Waals surface area contributed by atoms with Crippen molar-refractivity contribution < 1.29 is 14.1 Å². The van der Waals surface area contributed by atoms with Crippen LogP contribution in [0.2, 0.25) is 0 Å². The summed E-state index contributed by atoms with van der Waals surface area (Å²) in [5.74, 6) is 0.134. The highest BCUT2D eigenvalue weighted by Gasteiger charge is 2.17. The number of nitro benzene ring substituents is 1. The summed E-state index contributed by atoms with van der Waals surface area (Å²) in [6.45, 7) is 0.772. The second-order valence-electron chi connectivity index (χ2n) is 3.85. The molecular formula is C11H12FNO3S. The summed E-state index contributed by atoms with van der Waals surface area (Å²) < 4.78 is 18.6. The SMILES string of the molecule is O=[N+]([O-])c1cc(F)cc(SCC2CCCO2)c1. The fraction of sp³-hybridized carbons (Fsp3) is 0.455. The predicted molar refractivity (Wildman–Crippen MR) is 62.8 cm³/mol. The van der Waals surface area contributed by atoms with Crippen molar-refractivity contribution in [1.29, 1.82) is 0 Å². The number of thioether (sulfide) groups is 1. The quantitative estimate of drug-likeness (QED) is 0.472. The first kappa shape index (κ1) is 12.3. The van der Waals surface area contributed by atoms with Crippen molar-refractivity contribution in [2.45, 2.75) is 23.8 Å². The van der Waals surface area contributed by atoms with Gasteiger partial charge in [0.25, 0.3) is 5.69 Å². The molecule has 1 unspecified atom stereocenters. The minimum atomic E-state index is -0.584. The molecular weight excluding hydrogens is 245 g/mol. The van der Waals surface area contributed by atoms with Gasteiger partial charge in [-0.25, -0.2) is 4.39 Å². The third-order valence-corrected chi connectivity index (χ3v) is 3.63. The van der Waals surface area contributed by atoms with Gasteiger partial charge in [0.2, 0.25) is 0 Å². The van der Waals surface area contributed by atoms with E-state index in [1.807, 2.05) is 0 Å². The molecule has 4 nitrogen and oxygen atoms in total. The van der Waals surface area contributed by atoms with Gasteiger partial charge in [0, 0.05) is 23.3 Å². The third kappa shape index (κ3) is 3.41. The Labute approximate surface area is 102 Å². The molecule has 17 heavy (non-hydrogen) atoms. The smallest absolute Gasteiger partial charge is 0.273 e. The van der Waals surface area contributed by atoms with Gasteiger partial charge in [0.1, 0.15) is 5.82 Å². The maximum atomic E-state index is 13.1. The largest absolute Gasteiger partial charge is 0.377 e. The lowest BCUT2D eigenvalue weighted by Gasteiger charge is -2.08. The van der Waals surface area contributed by atoms with Crippen LogP contribution >= 0.6 is 11.8 Å². The molecule has 1 aliphatic rings. The van der Waals surface area contributed by atoms with Crippen molar-refractivity contribution in [2.24, 2.45) is 0 Å². The molecule has 1 aliphatic heterocycles. The summed E-state index contributed by atoms with van der Waals surface area (Å²) in [7, 11) is 0. The molecule has 6 heteroatoms. The maximum Gasteiger partial charge on any atom is 0.273 e. The van der Waals surface area contributed by atoms with Crippen LogP contribution in [0.1, 0.15) is 12.8 Å². The lowest BCUT2D eigenvalue weighted by Crippen LogP contribution is -2.07. The number of benzene rings is 1. The minimum Gasteiger partial charge on any atom is -0.377 e. The van der Waals surface area contributed by atoms with Crippen LogP contribution in [-0.4, -0.2) is 23.4 Å². The summed E-state index contributed by atoms with van der Waals surface area (Å²) in [5.41, 5.74) is -0.208. The summed E-state index contributed by atoms with van der Waals surface area (Å²) in [6.07, 6.45) is 2.24. The van der Waals surface area contributed by atoms with Crippen LogP contribution in [-0.2, 0) is 4.74 Å². The van der Waals surface area contributed by atoms with E-state index in [9.17, 15) is 14.5 Å². The molecule has 0 spiro atoms. The Kier molecular flexibility index (Phi) is 3.96. The molecule has 0 N–H and O–H groups in total. The van der Waals surface area contributed by atoms with Gasteiger partial charge in [0.15, 0.2) is 0 Å². The van der Waals surface area contributed by atoms with Crippen molar-refractivity contribution in [3.05, 3.63) is 34.1 Å². The van der Waals surface area contributed by atoms with E-state index < -0.39 is 10.7 Å². The zero-order valence-corrected chi connectivity index (χ0v) is 9.91. The monoisotopic (exact) mass is 257 g/mol. The predicted octanol–water partition coefficient (Wildman–Crippen LogP) is 3.01. The van der Waals surface area contributed by atoms with E-state index >= 15 is 0 Å². The van der Waals surface area contributed by atoms with Gasteiger partial charge in [-0.15, -0.1) is 11.8 Å². The number of ether oxygens (including phenoxy) is 1. The van der Waals surface area contributed by atoms with Crippen LogP contribution in [0.4, 0.5) is 10.1 Å². The summed E-state index contributed by atoms with van der Waals surface area (Å²) in [6, 6.07) is 3.63. The average Bonchev–Trinajstić information content (AvgIpc) is 2.78. The molecule has 1 atom stereocenters. The van der Waals surface area contributed by atoms with Crippen molar-refractivity contribution in [3.63, 3.8) is 0 Å². The van der Waals surface area contributed by atoms with E-state index in [1.54, 1.807) is 0 Å².